The molecule has 0 radical (unpaired) electrons. The first-order valence-corrected chi connectivity index (χ1v) is 6.26. The normalized spacial score (nSPS) is 11.9. The van der Waals surface area contributed by atoms with Crippen LogP contribution in [-0.4, -0.2) is 32.6 Å². The van der Waals surface area contributed by atoms with Gasteiger partial charge in [0.05, 0.1) is 6.54 Å². The fourth-order valence-electron chi connectivity index (χ4n) is 1.91. The second kappa shape index (κ2) is 6.17. The van der Waals surface area contributed by atoms with Gasteiger partial charge in [0.15, 0.2) is 0 Å². The second-order valence-corrected chi connectivity index (χ2v) is 4.59. The van der Waals surface area contributed by atoms with Crippen molar-refractivity contribution in [3.05, 3.63) is 41.5 Å². The molecular formula is C14H16N4O2. The average Bonchev–Trinajstić information content (AvgIpc) is 2.86. The molecule has 0 spiro atoms. The Bertz CT molecular complexity index is 610. The number of hydrogen-bond donors (Lipinski definition) is 1. The zero-order valence-corrected chi connectivity index (χ0v) is 11.4. The lowest BCUT2D eigenvalue weighted by molar-refractivity contribution is 0.0886. The fourth-order valence-corrected chi connectivity index (χ4v) is 1.91. The molecule has 1 unspecified atom stereocenters. The Kier molecular flexibility index (Phi) is 4.33. The third kappa shape index (κ3) is 3.33. The highest BCUT2D eigenvalue weighted by Gasteiger charge is 2.10. The standard InChI is InChI=1S/C14H16N4O2/c1-10-4-3-5-11(2)14(10)20-8-12(19)7-18-9-16-13(6-15)17-18/h3-5,9,12,19H,7-8H2,1-2H3. The first kappa shape index (κ1) is 14.0. The third-order valence-electron chi connectivity index (χ3n) is 2.86. The van der Waals surface area contributed by atoms with E-state index >= 15 is 0 Å². The van der Waals surface area contributed by atoms with Gasteiger partial charge in [-0.05, 0) is 25.0 Å². The lowest BCUT2D eigenvalue weighted by atomic mass is 10.1. The predicted molar refractivity (Wildman–Crippen MR) is 72.2 cm³/mol. The summed E-state index contributed by atoms with van der Waals surface area (Å²) in [6.07, 6.45) is 0.697. The number of aromatic nitrogens is 3. The topological polar surface area (TPSA) is 84.0 Å². The Hall–Kier alpha value is -2.39. The largest absolute Gasteiger partial charge is 0.490 e. The summed E-state index contributed by atoms with van der Waals surface area (Å²) in [5, 5.41) is 22.4. The van der Waals surface area contributed by atoms with Gasteiger partial charge in [-0.25, -0.2) is 9.67 Å². The van der Waals surface area contributed by atoms with Gasteiger partial charge in [-0.1, -0.05) is 18.2 Å². The molecule has 1 atom stereocenters. The number of aliphatic hydroxyl groups excluding tert-OH is 1. The molecule has 2 aromatic rings. The minimum Gasteiger partial charge on any atom is -0.490 e. The fraction of sp³-hybridized carbons (Fsp3) is 0.357. The smallest absolute Gasteiger partial charge is 0.252 e. The maximum atomic E-state index is 9.93. The molecule has 0 aliphatic carbocycles. The zero-order valence-electron chi connectivity index (χ0n) is 11.4. The molecule has 6 nitrogen and oxygen atoms in total. The van der Waals surface area contributed by atoms with E-state index in [1.165, 1.54) is 11.0 Å². The molecule has 0 aliphatic rings. The number of aliphatic hydroxyl groups is 1. The molecule has 1 N–H and O–H groups in total. The van der Waals surface area contributed by atoms with E-state index < -0.39 is 6.10 Å². The van der Waals surface area contributed by atoms with Crippen molar-refractivity contribution in [2.45, 2.75) is 26.5 Å². The maximum Gasteiger partial charge on any atom is 0.252 e. The van der Waals surface area contributed by atoms with Crippen LogP contribution in [0, 0.1) is 25.2 Å². The molecule has 6 heteroatoms. The van der Waals surface area contributed by atoms with Gasteiger partial charge in [-0.3, -0.25) is 0 Å². The van der Waals surface area contributed by atoms with Gasteiger partial charge in [0.25, 0.3) is 5.82 Å². The molecule has 1 heterocycles. The number of ether oxygens (including phenoxy) is 1. The van der Waals surface area contributed by atoms with Crippen LogP contribution in [0.3, 0.4) is 0 Å². The average molecular weight is 272 g/mol. The van der Waals surface area contributed by atoms with E-state index in [0.29, 0.717) is 0 Å². The van der Waals surface area contributed by atoms with Gasteiger partial charge in [0.1, 0.15) is 30.9 Å². The van der Waals surface area contributed by atoms with E-state index in [1.807, 2.05) is 38.1 Å². The van der Waals surface area contributed by atoms with Crippen molar-refractivity contribution in [2.75, 3.05) is 6.61 Å². The van der Waals surface area contributed by atoms with Crippen LogP contribution in [0.1, 0.15) is 17.0 Å². The Morgan fingerprint density at radius 3 is 2.70 bits per heavy atom. The maximum absolute atomic E-state index is 9.93. The minimum atomic E-state index is -0.720. The van der Waals surface area contributed by atoms with Crippen molar-refractivity contribution in [1.82, 2.24) is 14.8 Å². The second-order valence-electron chi connectivity index (χ2n) is 4.59. The molecule has 2 rings (SSSR count). The molecule has 0 fully saturated rings. The summed E-state index contributed by atoms with van der Waals surface area (Å²) in [5.41, 5.74) is 2.06. The molecule has 1 aromatic heterocycles. The van der Waals surface area contributed by atoms with Crippen LogP contribution in [0.4, 0.5) is 0 Å². The van der Waals surface area contributed by atoms with E-state index in [4.69, 9.17) is 10.00 Å². The van der Waals surface area contributed by atoms with Crippen molar-refractivity contribution in [2.24, 2.45) is 0 Å². The Morgan fingerprint density at radius 1 is 1.40 bits per heavy atom. The van der Waals surface area contributed by atoms with Crippen molar-refractivity contribution in [1.29, 1.82) is 5.26 Å². The van der Waals surface area contributed by atoms with Gasteiger partial charge >= 0.3 is 0 Å². The van der Waals surface area contributed by atoms with E-state index in [2.05, 4.69) is 10.1 Å². The molecule has 20 heavy (non-hydrogen) atoms. The molecule has 0 saturated heterocycles. The van der Waals surface area contributed by atoms with Gasteiger partial charge in [0.2, 0.25) is 0 Å². The van der Waals surface area contributed by atoms with E-state index in [9.17, 15) is 5.11 Å². The van der Waals surface area contributed by atoms with Crippen LogP contribution in [0.15, 0.2) is 24.5 Å². The highest BCUT2D eigenvalue weighted by molar-refractivity contribution is 5.39. The molecule has 0 aliphatic heterocycles. The van der Waals surface area contributed by atoms with Crippen LogP contribution in [0.2, 0.25) is 0 Å². The monoisotopic (exact) mass is 272 g/mol. The first-order valence-electron chi connectivity index (χ1n) is 6.26. The lowest BCUT2D eigenvalue weighted by Gasteiger charge is -2.15. The Morgan fingerprint density at radius 2 is 2.10 bits per heavy atom. The SMILES string of the molecule is Cc1cccc(C)c1OCC(O)Cn1cnc(C#N)n1. The van der Waals surface area contributed by atoms with Gasteiger partial charge in [-0.2, -0.15) is 5.26 Å². The van der Waals surface area contributed by atoms with Crippen molar-refractivity contribution in [3.63, 3.8) is 0 Å². The van der Waals surface area contributed by atoms with Gasteiger partial charge in [-0.15, -0.1) is 5.10 Å². The minimum absolute atomic E-state index is 0.0906. The summed E-state index contributed by atoms with van der Waals surface area (Å²) in [7, 11) is 0. The number of hydrogen-bond acceptors (Lipinski definition) is 5. The van der Waals surface area contributed by atoms with Crippen LogP contribution < -0.4 is 4.74 Å². The highest BCUT2D eigenvalue weighted by atomic mass is 16.5. The van der Waals surface area contributed by atoms with E-state index in [0.717, 1.165) is 16.9 Å². The van der Waals surface area contributed by atoms with Crippen LogP contribution >= 0.6 is 0 Å². The molecular weight excluding hydrogens is 256 g/mol. The summed E-state index contributed by atoms with van der Waals surface area (Å²) >= 11 is 0. The Labute approximate surface area is 117 Å². The van der Waals surface area contributed by atoms with Crippen molar-refractivity contribution >= 4 is 0 Å². The molecule has 1 aromatic carbocycles. The Balaban J connectivity index is 1.92. The number of nitriles is 1. The van der Waals surface area contributed by atoms with Crippen LogP contribution in [0.25, 0.3) is 0 Å². The summed E-state index contributed by atoms with van der Waals surface area (Å²) in [6, 6.07) is 7.73. The zero-order chi connectivity index (χ0) is 14.5. The summed E-state index contributed by atoms with van der Waals surface area (Å²) in [6.45, 7) is 4.32. The van der Waals surface area contributed by atoms with Crippen LogP contribution in [-0.2, 0) is 6.54 Å². The van der Waals surface area contributed by atoms with Crippen molar-refractivity contribution in [3.8, 4) is 11.8 Å². The van der Waals surface area contributed by atoms with Gasteiger partial charge < -0.3 is 9.84 Å². The van der Waals surface area contributed by atoms with Crippen molar-refractivity contribution < 1.29 is 9.84 Å². The van der Waals surface area contributed by atoms with E-state index in [-0.39, 0.29) is 19.0 Å². The number of nitrogens with zero attached hydrogens (tertiary/aromatic N) is 4. The lowest BCUT2D eigenvalue weighted by Crippen LogP contribution is -2.24. The van der Waals surface area contributed by atoms with E-state index in [1.54, 1.807) is 0 Å². The summed E-state index contributed by atoms with van der Waals surface area (Å²) in [5.74, 6) is 0.885. The number of aryl methyl sites for hydroxylation is 2. The highest BCUT2D eigenvalue weighted by Crippen LogP contribution is 2.22. The van der Waals surface area contributed by atoms with Gasteiger partial charge in [0, 0.05) is 0 Å². The molecule has 0 amide bonds. The third-order valence-corrected chi connectivity index (χ3v) is 2.86. The molecule has 104 valence electrons. The number of rotatable bonds is 5. The molecule has 0 saturated carbocycles. The quantitative estimate of drug-likeness (QED) is 0.884. The molecule has 0 bridgehead atoms. The summed E-state index contributed by atoms with van der Waals surface area (Å²) in [4.78, 5) is 3.77. The summed E-state index contributed by atoms with van der Waals surface area (Å²) < 4.78 is 7.09. The number of para-hydroxylation sites is 1. The number of benzene rings is 1. The first-order chi connectivity index (χ1) is 9.60. The van der Waals surface area contributed by atoms with Crippen LogP contribution in [0.5, 0.6) is 5.75 Å². The predicted octanol–water partition coefficient (Wildman–Crippen LogP) is 1.21.